The minimum absolute atomic E-state index is 0.0307. The average molecular weight is 209 g/mol. The molecule has 0 aromatic heterocycles. The SMILES string of the molecule is COc1cc(O)ccc1C(=O)CN(C)C. The molecule has 82 valence electrons. The lowest BCUT2D eigenvalue weighted by molar-refractivity contribution is 0.0955. The maximum Gasteiger partial charge on any atom is 0.180 e. The number of Topliss-reactive ketones (excluding diaryl/α,β-unsaturated/α-hetero) is 1. The Morgan fingerprint density at radius 3 is 2.67 bits per heavy atom. The standard InChI is InChI=1S/C11H15NO3/c1-12(2)7-10(14)9-5-4-8(13)6-11(9)15-3/h4-6,13H,7H2,1-3H3. The molecule has 0 fully saturated rings. The van der Waals surface area contributed by atoms with Gasteiger partial charge < -0.3 is 14.7 Å². The van der Waals surface area contributed by atoms with E-state index in [9.17, 15) is 9.90 Å². The van der Waals surface area contributed by atoms with E-state index in [0.717, 1.165) is 0 Å². The summed E-state index contributed by atoms with van der Waals surface area (Å²) in [4.78, 5) is 13.5. The molecule has 15 heavy (non-hydrogen) atoms. The Hall–Kier alpha value is -1.55. The Morgan fingerprint density at radius 1 is 1.47 bits per heavy atom. The Kier molecular flexibility index (Phi) is 3.68. The largest absolute Gasteiger partial charge is 0.508 e. The van der Waals surface area contributed by atoms with Crippen LogP contribution in [0.4, 0.5) is 0 Å². The smallest absolute Gasteiger partial charge is 0.180 e. The molecule has 0 amide bonds. The molecule has 4 nitrogen and oxygen atoms in total. The van der Waals surface area contributed by atoms with Crippen molar-refractivity contribution >= 4 is 5.78 Å². The first-order chi connectivity index (χ1) is 7.04. The molecular formula is C11H15NO3. The number of carbonyl (C=O) groups is 1. The van der Waals surface area contributed by atoms with Gasteiger partial charge in [-0.25, -0.2) is 0 Å². The number of methoxy groups -OCH3 is 1. The monoisotopic (exact) mass is 209 g/mol. The Balaban J connectivity index is 2.97. The highest BCUT2D eigenvalue weighted by atomic mass is 16.5. The highest BCUT2D eigenvalue weighted by molar-refractivity contribution is 6.00. The van der Waals surface area contributed by atoms with Crippen LogP contribution < -0.4 is 4.74 Å². The van der Waals surface area contributed by atoms with Gasteiger partial charge in [0.15, 0.2) is 5.78 Å². The van der Waals surface area contributed by atoms with Crippen molar-refractivity contribution in [3.05, 3.63) is 23.8 Å². The van der Waals surface area contributed by atoms with Gasteiger partial charge in [-0.05, 0) is 26.2 Å². The van der Waals surface area contributed by atoms with Crippen LogP contribution in [0.2, 0.25) is 0 Å². The van der Waals surface area contributed by atoms with Crippen LogP contribution in [0.5, 0.6) is 11.5 Å². The first-order valence-electron chi connectivity index (χ1n) is 4.59. The second-order valence-corrected chi connectivity index (χ2v) is 3.55. The van der Waals surface area contributed by atoms with Crippen LogP contribution in [-0.2, 0) is 0 Å². The van der Waals surface area contributed by atoms with E-state index in [4.69, 9.17) is 4.74 Å². The zero-order valence-corrected chi connectivity index (χ0v) is 9.15. The molecule has 0 aliphatic carbocycles. The lowest BCUT2D eigenvalue weighted by Crippen LogP contribution is -2.22. The van der Waals surface area contributed by atoms with E-state index in [1.54, 1.807) is 11.0 Å². The van der Waals surface area contributed by atoms with Crippen molar-refractivity contribution in [2.75, 3.05) is 27.7 Å². The second kappa shape index (κ2) is 4.79. The first kappa shape index (κ1) is 11.5. The summed E-state index contributed by atoms with van der Waals surface area (Å²) in [7, 11) is 5.12. The van der Waals surface area contributed by atoms with Gasteiger partial charge in [0.25, 0.3) is 0 Å². The van der Waals surface area contributed by atoms with Crippen LogP contribution in [0.1, 0.15) is 10.4 Å². The zero-order valence-electron chi connectivity index (χ0n) is 9.15. The second-order valence-electron chi connectivity index (χ2n) is 3.55. The number of likely N-dealkylation sites (N-methyl/N-ethyl adjacent to an activating group) is 1. The number of aromatic hydroxyl groups is 1. The molecule has 0 aliphatic rings. The molecule has 0 saturated heterocycles. The van der Waals surface area contributed by atoms with E-state index in [1.165, 1.54) is 19.2 Å². The van der Waals surface area contributed by atoms with Crippen molar-refractivity contribution in [3.63, 3.8) is 0 Å². The van der Waals surface area contributed by atoms with E-state index in [-0.39, 0.29) is 11.5 Å². The first-order valence-corrected chi connectivity index (χ1v) is 4.59. The van der Waals surface area contributed by atoms with Gasteiger partial charge >= 0.3 is 0 Å². The summed E-state index contributed by atoms with van der Waals surface area (Å²) >= 11 is 0. The van der Waals surface area contributed by atoms with Gasteiger partial charge in [0.1, 0.15) is 11.5 Å². The normalized spacial score (nSPS) is 10.4. The summed E-state index contributed by atoms with van der Waals surface area (Å²) in [6, 6.07) is 4.48. The van der Waals surface area contributed by atoms with Crippen LogP contribution in [0.3, 0.4) is 0 Å². The molecule has 0 bridgehead atoms. The van der Waals surface area contributed by atoms with E-state index in [2.05, 4.69) is 0 Å². The van der Waals surface area contributed by atoms with Gasteiger partial charge in [-0.2, -0.15) is 0 Å². The number of phenolic OH excluding ortho intramolecular Hbond substituents is 1. The molecule has 1 aromatic rings. The molecule has 0 atom stereocenters. The van der Waals surface area contributed by atoms with Crippen LogP contribution in [0, 0.1) is 0 Å². The maximum atomic E-state index is 11.7. The van der Waals surface area contributed by atoms with Gasteiger partial charge in [0, 0.05) is 6.07 Å². The highest BCUT2D eigenvalue weighted by Gasteiger charge is 2.13. The molecule has 1 rings (SSSR count). The van der Waals surface area contributed by atoms with Gasteiger partial charge in [-0.3, -0.25) is 4.79 Å². The topological polar surface area (TPSA) is 49.8 Å². The van der Waals surface area contributed by atoms with Crippen LogP contribution in [0.15, 0.2) is 18.2 Å². The molecule has 1 aromatic carbocycles. The highest BCUT2D eigenvalue weighted by Crippen LogP contribution is 2.24. The van der Waals surface area contributed by atoms with Crippen molar-refractivity contribution in [1.82, 2.24) is 4.90 Å². The lowest BCUT2D eigenvalue weighted by atomic mass is 10.1. The summed E-state index contributed by atoms with van der Waals surface area (Å²) in [5.41, 5.74) is 0.490. The summed E-state index contributed by atoms with van der Waals surface area (Å²) in [5.74, 6) is 0.465. The summed E-state index contributed by atoms with van der Waals surface area (Å²) in [6.07, 6.45) is 0. The number of ether oxygens (including phenoxy) is 1. The fourth-order valence-electron chi connectivity index (χ4n) is 1.28. The summed E-state index contributed by atoms with van der Waals surface area (Å²) < 4.78 is 5.03. The Bertz CT molecular complexity index is 361. The molecule has 4 heteroatoms. The summed E-state index contributed by atoms with van der Waals surface area (Å²) in [5, 5.41) is 9.23. The molecule has 1 N–H and O–H groups in total. The molecule has 0 saturated carbocycles. The van der Waals surface area contributed by atoms with Crippen LogP contribution >= 0.6 is 0 Å². The van der Waals surface area contributed by atoms with Gasteiger partial charge in [0.2, 0.25) is 0 Å². The van der Waals surface area contributed by atoms with Gasteiger partial charge in [-0.1, -0.05) is 0 Å². The number of hydrogen-bond acceptors (Lipinski definition) is 4. The maximum absolute atomic E-state index is 11.7. The van der Waals surface area contributed by atoms with Gasteiger partial charge in [-0.15, -0.1) is 0 Å². The van der Waals surface area contributed by atoms with E-state index < -0.39 is 0 Å². The van der Waals surface area contributed by atoms with E-state index >= 15 is 0 Å². The minimum Gasteiger partial charge on any atom is -0.508 e. The van der Waals surface area contributed by atoms with Crippen molar-refractivity contribution in [2.24, 2.45) is 0 Å². The molecule has 0 radical (unpaired) electrons. The fraction of sp³-hybridized carbons (Fsp3) is 0.364. The van der Waals surface area contributed by atoms with Crippen molar-refractivity contribution in [1.29, 1.82) is 0 Å². The quantitative estimate of drug-likeness (QED) is 0.756. The molecule has 0 unspecified atom stereocenters. The Labute approximate surface area is 89.1 Å². The number of phenols is 1. The predicted octanol–water partition coefficient (Wildman–Crippen LogP) is 1.15. The Morgan fingerprint density at radius 2 is 2.13 bits per heavy atom. The summed E-state index contributed by atoms with van der Waals surface area (Å²) in [6.45, 7) is 0.321. The average Bonchev–Trinajstić information content (AvgIpc) is 2.16. The number of benzene rings is 1. The number of ketones is 1. The van der Waals surface area contributed by atoms with Gasteiger partial charge in [0.05, 0.1) is 19.2 Å². The van der Waals surface area contributed by atoms with E-state index in [0.29, 0.717) is 17.9 Å². The molecule has 0 aliphatic heterocycles. The molecule has 0 spiro atoms. The van der Waals surface area contributed by atoms with Crippen molar-refractivity contribution in [3.8, 4) is 11.5 Å². The molecular weight excluding hydrogens is 194 g/mol. The van der Waals surface area contributed by atoms with Crippen molar-refractivity contribution in [2.45, 2.75) is 0 Å². The molecule has 0 heterocycles. The third kappa shape index (κ3) is 2.95. The third-order valence-electron chi connectivity index (χ3n) is 1.95. The van der Waals surface area contributed by atoms with Crippen molar-refractivity contribution < 1.29 is 14.6 Å². The van der Waals surface area contributed by atoms with E-state index in [1.807, 2.05) is 14.1 Å². The number of carbonyl (C=O) groups excluding carboxylic acids is 1. The number of nitrogens with zero attached hydrogens (tertiary/aromatic N) is 1. The van der Waals surface area contributed by atoms with Crippen LogP contribution in [-0.4, -0.2) is 43.5 Å². The minimum atomic E-state index is -0.0307. The fourth-order valence-corrected chi connectivity index (χ4v) is 1.28. The third-order valence-corrected chi connectivity index (χ3v) is 1.95. The van der Waals surface area contributed by atoms with Crippen LogP contribution in [0.25, 0.3) is 0 Å². The number of hydrogen-bond donors (Lipinski definition) is 1. The number of rotatable bonds is 4. The predicted molar refractivity (Wildman–Crippen MR) is 57.5 cm³/mol. The zero-order chi connectivity index (χ0) is 11.4. The lowest BCUT2D eigenvalue weighted by Gasteiger charge is -2.11.